The third-order valence-corrected chi connectivity index (χ3v) is 4.71. The van der Waals surface area contributed by atoms with Gasteiger partial charge in [-0.25, -0.2) is 4.98 Å². The second kappa shape index (κ2) is 7.11. The molecule has 7 heteroatoms. The molecule has 2 aromatic rings. The first-order chi connectivity index (χ1) is 12.3. The Kier molecular flexibility index (Phi) is 4.88. The van der Waals surface area contributed by atoms with Gasteiger partial charge in [-0.3, -0.25) is 14.4 Å². The molecule has 2 heterocycles. The summed E-state index contributed by atoms with van der Waals surface area (Å²) in [5.74, 6) is -0.141. The molecular weight excluding hydrogens is 332 g/mol. The first kappa shape index (κ1) is 17.8. The lowest BCUT2D eigenvalue weighted by molar-refractivity contribution is -0.135. The maximum Gasteiger partial charge on any atom is 0.263 e. The molecule has 0 aliphatic carbocycles. The van der Waals surface area contributed by atoms with Crippen molar-refractivity contribution in [2.45, 2.75) is 27.3 Å². The Morgan fingerprint density at radius 2 is 1.92 bits per heavy atom. The molecular formula is C19H22N4O3. The first-order valence-corrected chi connectivity index (χ1v) is 8.54. The minimum absolute atomic E-state index is 0.0308. The largest absolute Gasteiger partial charge is 0.335 e. The lowest BCUT2D eigenvalue weighted by atomic mass is 10.1. The summed E-state index contributed by atoms with van der Waals surface area (Å²) < 4.78 is 0. The lowest BCUT2D eigenvalue weighted by Gasteiger charge is -2.34. The number of amides is 2. The number of carbonyl (C=O) groups is 2. The fourth-order valence-electron chi connectivity index (χ4n) is 2.98. The Morgan fingerprint density at radius 1 is 1.15 bits per heavy atom. The van der Waals surface area contributed by atoms with Gasteiger partial charge in [0.25, 0.3) is 11.5 Å². The number of piperazine rings is 1. The highest BCUT2D eigenvalue weighted by Gasteiger charge is 2.29. The van der Waals surface area contributed by atoms with Crippen molar-refractivity contribution in [3.05, 3.63) is 62.8 Å². The molecule has 0 bridgehead atoms. The molecule has 1 N–H and O–H groups in total. The highest BCUT2D eigenvalue weighted by atomic mass is 16.2. The Balaban J connectivity index is 1.68. The van der Waals surface area contributed by atoms with Crippen LogP contribution in [0.25, 0.3) is 0 Å². The van der Waals surface area contributed by atoms with Gasteiger partial charge in [0.2, 0.25) is 5.91 Å². The van der Waals surface area contributed by atoms with Gasteiger partial charge in [-0.2, -0.15) is 0 Å². The van der Waals surface area contributed by atoms with Crippen LogP contribution in [0, 0.1) is 20.8 Å². The number of carbonyl (C=O) groups excluding carboxylic acids is 2. The minimum atomic E-state index is -0.479. The number of rotatable bonds is 3. The van der Waals surface area contributed by atoms with Crippen molar-refractivity contribution in [1.29, 1.82) is 0 Å². The summed E-state index contributed by atoms with van der Waals surface area (Å²) in [5.41, 5.74) is 2.96. The number of aromatic amines is 1. The Labute approximate surface area is 151 Å². The maximum absolute atomic E-state index is 12.5. The molecule has 26 heavy (non-hydrogen) atoms. The Hall–Kier alpha value is -2.96. The molecule has 3 rings (SSSR count). The lowest BCUT2D eigenvalue weighted by Crippen LogP contribution is -2.52. The Morgan fingerprint density at radius 3 is 2.58 bits per heavy atom. The predicted molar refractivity (Wildman–Crippen MR) is 96.8 cm³/mol. The average molecular weight is 354 g/mol. The normalized spacial score (nSPS) is 14.7. The van der Waals surface area contributed by atoms with Crippen LogP contribution in [-0.4, -0.2) is 51.2 Å². The fourth-order valence-corrected chi connectivity index (χ4v) is 2.98. The van der Waals surface area contributed by atoms with Crippen molar-refractivity contribution >= 4 is 11.8 Å². The molecule has 1 aliphatic rings. The van der Waals surface area contributed by atoms with Crippen molar-refractivity contribution in [3.63, 3.8) is 0 Å². The molecule has 2 amide bonds. The number of aromatic nitrogens is 2. The second-order valence-electron chi connectivity index (χ2n) is 6.67. The van der Waals surface area contributed by atoms with Gasteiger partial charge in [0.1, 0.15) is 17.9 Å². The van der Waals surface area contributed by atoms with Crippen LogP contribution in [-0.2, 0) is 11.3 Å². The standard InChI is InChI=1S/C19H22N4O3/c1-12-4-5-15(8-13(12)2)10-22-6-7-23(11-17(22)24)19(26)16-9-20-14(3)21-18(16)25/h4-5,8-9H,6-7,10-11H2,1-3H3,(H,20,21,25). The quantitative estimate of drug-likeness (QED) is 0.897. The number of hydrogen-bond donors (Lipinski definition) is 1. The van der Waals surface area contributed by atoms with E-state index in [1.807, 2.05) is 19.1 Å². The zero-order chi connectivity index (χ0) is 18.8. The van der Waals surface area contributed by atoms with E-state index >= 15 is 0 Å². The van der Waals surface area contributed by atoms with Crippen LogP contribution < -0.4 is 5.56 Å². The number of H-pyrrole nitrogens is 1. The van der Waals surface area contributed by atoms with E-state index in [4.69, 9.17) is 0 Å². The molecule has 1 saturated heterocycles. The zero-order valence-electron chi connectivity index (χ0n) is 15.2. The molecule has 7 nitrogen and oxygen atoms in total. The van der Waals surface area contributed by atoms with Crippen LogP contribution in [0.15, 0.2) is 29.2 Å². The zero-order valence-corrected chi connectivity index (χ0v) is 15.2. The number of benzene rings is 1. The van der Waals surface area contributed by atoms with Crippen molar-refractivity contribution < 1.29 is 9.59 Å². The molecule has 1 aromatic heterocycles. The van der Waals surface area contributed by atoms with E-state index in [0.717, 1.165) is 5.56 Å². The second-order valence-corrected chi connectivity index (χ2v) is 6.67. The summed E-state index contributed by atoms with van der Waals surface area (Å²) in [6, 6.07) is 6.15. The molecule has 1 aromatic carbocycles. The predicted octanol–water partition coefficient (Wildman–Crippen LogP) is 1.18. The van der Waals surface area contributed by atoms with Crippen LogP contribution in [0.4, 0.5) is 0 Å². The molecule has 136 valence electrons. The molecule has 0 spiro atoms. The van der Waals surface area contributed by atoms with Crippen molar-refractivity contribution in [2.24, 2.45) is 0 Å². The summed E-state index contributed by atoms with van der Waals surface area (Å²) in [6.45, 7) is 7.06. The molecule has 1 aliphatic heterocycles. The van der Waals surface area contributed by atoms with E-state index < -0.39 is 11.5 Å². The summed E-state index contributed by atoms with van der Waals surface area (Å²) >= 11 is 0. The number of aryl methyl sites for hydroxylation is 3. The van der Waals surface area contributed by atoms with E-state index in [2.05, 4.69) is 23.0 Å². The van der Waals surface area contributed by atoms with Gasteiger partial charge in [-0.1, -0.05) is 18.2 Å². The van der Waals surface area contributed by atoms with Crippen LogP contribution in [0.2, 0.25) is 0 Å². The smallest absolute Gasteiger partial charge is 0.263 e. The third kappa shape index (κ3) is 3.66. The Bertz CT molecular complexity index is 919. The fraction of sp³-hybridized carbons (Fsp3) is 0.368. The molecule has 0 radical (unpaired) electrons. The highest BCUT2D eigenvalue weighted by molar-refractivity contribution is 5.96. The van der Waals surface area contributed by atoms with Crippen molar-refractivity contribution in [3.8, 4) is 0 Å². The topological polar surface area (TPSA) is 86.4 Å². The van der Waals surface area contributed by atoms with Gasteiger partial charge in [0.15, 0.2) is 0 Å². The molecule has 0 saturated carbocycles. The number of nitrogens with one attached hydrogen (secondary N) is 1. The first-order valence-electron chi connectivity index (χ1n) is 8.54. The molecule has 0 atom stereocenters. The summed E-state index contributed by atoms with van der Waals surface area (Å²) in [5, 5.41) is 0. The van der Waals surface area contributed by atoms with Crippen LogP contribution in [0.1, 0.15) is 32.9 Å². The van der Waals surface area contributed by atoms with Crippen molar-refractivity contribution in [1.82, 2.24) is 19.8 Å². The highest BCUT2D eigenvalue weighted by Crippen LogP contribution is 2.14. The van der Waals surface area contributed by atoms with Gasteiger partial charge in [-0.15, -0.1) is 0 Å². The van der Waals surface area contributed by atoms with Gasteiger partial charge in [-0.05, 0) is 37.5 Å². The summed E-state index contributed by atoms with van der Waals surface area (Å²) in [7, 11) is 0. The van der Waals surface area contributed by atoms with Crippen molar-refractivity contribution in [2.75, 3.05) is 19.6 Å². The van der Waals surface area contributed by atoms with E-state index in [1.54, 1.807) is 11.8 Å². The number of hydrogen-bond acceptors (Lipinski definition) is 4. The molecule has 0 unspecified atom stereocenters. The average Bonchev–Trinajstić information content (AvgIpc) is 2.59. The summed E-state index contributed by atoms with van der Waals surface area (Å²) in [4.78, 5) is 46.5. The van der Waals surface area contributed by atoms with Gasteiger partial charge in [0, 0.05) is 25.8 Å². The minimum Gasteiger partial charge on any atom is -0.335 e. The van der Waals surface area contributed by atoms with E-state index in [9.17, 15) is 14.4 Å². The monoisotopic (exact) mass is 354 g/mol. The van der Waals surface area contributed by atoms with E-state index in [1.165, 1.54) is 22.2 Å². The van der Waals surface area contributed by atoms with Crippen LogP contribution in [0.3, 0.4) is 0 Å². The van der Waals surface area contributed by atoms with Gasteiger partial charge >= 0.3 is 0 Å². The van der Waals surface area contributed by atoms with Gasteiger partial charge < -0.3 is 14.8 Å². The van der Waals surface area contributed by atoms with Crippen LogP contribution in [0.5, 0.6) is 0 Å². The van der Waals surface area contributed by atoms with Crippen LogP contribution >= 0.6 is 0 Å². The maximum atomic E-state index is 12.5. The summed E-state index contributed by atoms with van der Waals surface area (Å²) in [6.07, 6.45) is 1.27. The SMILES string of the molecule is Cc1ncc(C(=O)N2CCN(Cc3ccc(C)c(C)c3)C(=O)C2)c(=O)[nH]1. The third-order valence-electron chi connectivity index (χ3n) is 4.71. The number of nitrogens with zero attached hydrogens (tertiary/aromatic N) is 3. The van der Waals surface area contributed by atoms with Gasteiger partial charge in [0.05, 0.1) is 0 Å². The molecule has 1 fully saturated rings. The van der Waals surface area contributed by atoms with E-state index in [-0.39, 0.29) is 18.0 Å². The van der Waals surface area contributed by atoms with E-state index in [0.29, 0.717) is 25.5 Å².